The highest BCUT2D eigenvalue weighted by Gasteiger charge is 2.46. The monoisotopic (exact) mass is 1930 g/mol. The highest BCUT2D eigenvalue weighted by atomic mass is 32.1. The minimum absolute atomic E-state index is 0.0148. The molecule has 34 heteroatoms. The Morgan fingerprint density at radius 1 is 0.486 bits per heavy atom. The van der Waals surface area contributed by atoms with Crippen LogP contribution in [-0.4, -0.2) is 176 Å². The number of nitrogens with zero attached hydrogens (tertiary/aromatic N) is 10. The number of thiazole rings is 2. The SMILES string of the molecule is Cc1ncsc1-c1ccc([C@H](C)NC(=O)[C@@H]2C[C@@H](O)CN2C(=O)[C@@H](c2cc(OCCOCCOc3ccc(CN4C(=O)/C(=C/C=C/c5ccc([N+](=O)[O-])cc5)c5ccccc54)cc3)no2)C(C)C)cc1.Cc1ncsc1-c1ccc([C@H](C)NC(=O)[C@@H]2C[C@@H](O)CN2C(=O)[C@H](c2cc(OCCOCCOc3ccc(CN4C(=O)/C(=C/C=C/c5ccc([N+](=O)[O-])cc5)c5ccccc54)cc3)no2)C(C)C)cc1. The van der Waals surface area contributed by atoms with E-state index in [2.05, 4.69) is 30.9 Å². The molecule has 0 spiro atoms. The number of nitrogens with one attached hydrogen (secondary N) is 2. The second-order valence-electron chi connectivity index (χ2n) is 34.9. The number of fused-ring (bicyclic) bond motifs is 2. The van der Waals surface area contributed by atoms with Crippen molar-refractivity contribution >= 4 is 104 Å². The van der Waals surface area contributed by atoms with Gasteiger partial charge in [-0.25, -0.2) is 9.97 Å². The van der Waals surface area contributed by atoms with Crippen molar-refractivity contribution in [3.63, 3.8) is 0 Å². The first-order chi connectivity index (χ1) is 67.7. The summed E-state index contributed by atoms with van der Waals surface area (Å²) in [4.78, 5) is 121. The van der Waals surface area contributed by atoms with Gasteiger partial charge in [0.05, 0.1) is 117 Å². The Balaban J connectivity index is 0.000000212. The van der Waals surface area contributed by atoms with Crippen LogP contribution in [0.1, 0.15) is 146 Å². The van der Waals surface area contributed by atoms with Crippen LogP contribution in [0.2, 0.25) is 0 Å². The summed E-state index contributed by atoms with van der Waals surface area (Å²) in [6, 6.07) is 59.4. The molecule has 6 amide bonds. The van der Waals surface area contributed by atoms with Crippen LogP contribution in [0.25, 0.3) is 44.2 Å². The number of para-hydroxylation sites is 2. The maximum absolute atomic E-state index is 14.1. The number of benzene rings is 8. The van der Waals surface area contributed by atoms with Gasteiger partial charge in [-0.3, -0.25) is 49.0 Å². The lowest BCUT2D eigenvalue weighted by Gasteiger charge is -2.29. The molecule has 2 fully saturated rings. The van der Waals surface area contributed by atoms with Crippen LogP contribution in [-0.2, 0) is 51.3 Å². The lowest BCUT2D eigenvalue weighted by atomic mass is 9.91. The molecule has 4 N–H and O–H groups in total. The number of anilines is 2. The van der Waals surface area contributed by atoms with E-state index in [4.69, 9.17) is 37.5 Å². The van der Waals surface area contributed by atoms with Gasteiger partial charge in [-0.1, -0.05) is 161 Å². The lowest BCUT2D eigenvalue weighted by molar-refractivity contribution is -0.385. The van der Waals surface area contributed by atoms with E-state index in [0.717, 1.165) is 88.2 Å². The van der Waals surface area contributed by atoms with Crippen molar-refractivity contribution in [3.8, 4) is 44.1 Å². The molecule has 0 unspecified atom stereocenters. The molecule has 0 bridgehead atoms. The number of likely N-dealkylation sites (tertiary alicyclic amines) is 2. The molecular formula is C106H108N12O20S2. The van der Waals surface area contributed by atoms with Crippen molar-refractivity contribution in [2.45, 2.75) is 130 Å². The van der Waals surface area contributed by atoms with Gasteiger partial charge in [0.25, 0.3) is 34.9 Å². The number of β-amino-alcohol motifs (C(OH)–C–C–N with tert-alkyl or cyclic N) is 2. The van der Waals surface area contributed by atoms with Gasteiger partial charge in [0.15, 0.2) is 11.5 Å². The second-order valence-corrected chi connectivity index (χ2v) is 36.6. The summed E-state index contributed by atoms with van der Waals surface area (Å²) in [6.45, 7) is 18.0. The van der Waals surface area contributed by atoms with Crippen LogP contribution in [0, 0.1) is 45.9 Å². The molecule has 8 atom stereocenters. The number of hydrogen-bond acceptors (Lipinski definition) is 26. The molecular weight excluding hydrogens is 1830 g/mol. The minimum Gasteiger partial charge on any atom is -0.491 e. The van der Waals surface area contributed by atoms with Crippen molar-refractivity contribution < 1.29 is 86.3 Å². The summed E-state index contributed by atoms with van der Waals surface area (Å²) < 4.78 is 46.0. The Labute approximate surface area is 816 Å². The van der Waals surface area contributed by atoms with Crippen molar-refractivity contribution in [1.29, 1.82) is 0 Å². The number of nitro groups is 2. The van der Waals surface area contributed by atoms with Crippen molar-refractivity contribution in [2.24, 2.45) is 11.8 Å². The number of amides is 6. The summed E-state index contributed by atoms with van der Waals surface area (Å²) in [5.74, 6) is -1.33. The third kappa shape index (κ3) is 24.6. The van der Waals surface area contributed by atoms with Crippen molar-refractivity contribution in [2.75, 3.05) is 75.7 Å². The average Bonchev–Trinajstić information content (AvgIpc) is 1.59. The Morgan fingerprint density at radius 3 is 1.20 bits per heavy atom. The molecule has 0 radical (unpaired) electrons. The summed E-state index contributed by atoms with van der Waals surface area (Å²) in [6.07, 6.45) is 9.21. The first-order valence-electron chi connectivity index (χ1n) is 46.1. The zero-order valence-corrected chi connectivity index (χ0v) is 80.1. The summed E-state index contributed by atoms with van der Waals surface area (Å²) in [5.41, 5.74) is 17.3. The van der Waals surface area contributed by atoms with E-state index in [1.807, 2.05) is 212 Å². The third-order valence-electron chi connectivity index (χ3n) is 24.5. The van der Waals surface area contributed by atoms with Gasteiger partial charge in [-0.15, -0.1) is 22.7 Å². The molecule has 140 heavy (non-hydrogen) atoms. The van der Waals surface area contributed by atoms with Crippen LogP contribution in [0.3, 0.4) is 0 Å². The molecule has 16 rings (SSSR count). The summed E-state index contributed by atoms with van der Waals surface area (Å²) in [7, 11) is 0. The van der Waals surface area contributed by atoms with Gasteiger partial charge < -0.3 is 77.9 Å². The minimum atomic E-state index is -0.859. The normalized spacial score (nSPS) is 17.1. The van der Waals surface area contributed by atoms with E-state index in [1.54, 1.807) is 105 Å². The van der Waals surface area contributed by atoms with Gasteiger partial charge in [0, 0.05) is 84.6 Å². The maximum Gasteiger partial charge on any atom is 0.269 e. The number of aliphatic hydroxyl groups excluding tert-OH is 2. The standard InChI is InChI=1S/2C53H54N6O10S/c2*1-33(2)49(53(63)58-31-41(60)28-46(58)51(61)55-34(3)38-16-18-39(19-17-38)50-35(4)54-32-70-50)47-29-48(56-69-47)68-27-25-66-24-26-67-42-22-14-37(15-23-42)30-57-45-11-6-5-9-43(45)44(52(57)62)10-7-8-36-12-20-40(21-13-36)59(64)65/h2*5-23,29,32-34,41,46,49,60H,24-28,30-31H2,1-4H3,(H,55,61)/b2*8-7+,44-10+/t34-,41+,46-,49+;34-,41+,46-,49-/m00/s1. The van der Waals surface area contributed by atoms with E-state index >= 15 is 0 Å². The second kappa shape index (κ2) is 46.5. The van der Waals surface area contributed by atoms with E-state index in [0.29, 0.717) is 60.5 Å². The molecule has 0 saturated carbocycles. The number of non-ortho nitro benzene ring substituents is 2. The topological polar surface area (TPSA) is 399 Å². The average molecular weight is 1930 g/mol. The number of carbonyl (C=O) groups excluding carboxylic acids is 6. The Bertz CT molecular complexity index is 6100. The van der Waals surface area contributed by atoms with Gasteiger partial charge in [-0.2, -0.15) is 0 Å². The van der Waals surface area contributed by atoms with Crippen LogP contribution in [0.5, 0.6) is 23.3 Å². The van der Waals surface area contributed by atoms with E-state index in [1.165, 1.54) is 34.1 Å². The summed E-state index contributed by atoms with van der Waals surface area (Å²) in [5, 5.41) is 57.4. The predicted octanol–water partition coefficient (Wildman–Crippen LogP) is 17.4. The number of allylic oxidation sites excluding steroid dienone is 4. The van der Waals surface area contributed by atoms with Gasteiger partial charge >= 0.3 is 0 Å². The quantitative estimate of drug-likeness (QED) is 0.0120. The first kappa shape index (κ1) is 99.5. The molecule has 0 aliphatic carbocycles. The Hall–Kier alpha value is -14.9. The third-order valence-corrected chi connectivity index (χ3v) is 26.4. The zero-order chi connectivity index (χ0) is 98.6. The van der Waals surface area contributed by atoms with Gasteiger partial charge in [0.1, 0.15) is 61.8 Å². The molecule has 2 saturated heterocycles. The molecule has 4 aliphatic heterocycles. The largest absolute Gasteiger partial charge is 0.491 e. The van der Waals surface area contributed by atoms with Gasteiger partial charge in [0.2, 0.25) is 23.6 Å². The summed E-state index contributed by atoms with van der Waals surface area (Å²) >= 11 is 3.15. The van der Waals surface area contributed by atoms with E-state index in [-0.39, 0.29) is 148 Å². The number of rotatable bonds is 40. The Kier molecular flexibility index (Phi) is 33.0. The lowest BCUT2D eigenvalue weighted by Crippen LogP contribution is -2.48. The molecule has 724 valence electrons. The van der Waals surface area contributed by atoms with Crippen LogP contribution in [0.4, 0.5) is 22.7 Å². The molecule has 12 aromatic rings. The fraction of sp³-hybridized carbons (Fsp3) is 0.302. The molecule has 4 aromatic heterocycles. The van der Waals surface area contributed by atoms with E-state index < -0.39 is 46.0 Å². The number of carbonyl (C=O) groups is 6. The Morgan fingerprint density at radius 2 is 0.850 bits per heavy atom. The number of aryl methyl sites for hydroxylation is 2. The number of aromatic nitrogens is 4. The fourth-order valence-corrected chi connectivity index (χ4v) is 18.8. The van der Waals surface area contributed by atoms with Crippen LogP contribution < -0.4 is 39.4 Å². The van der Waals surface area contributed by atoms with Crippen LogP contribution in [0.15, 0.2) is 251 Å². The van der Waals surface area contributed by atoms with Crippen LogP contribution >= 0.6 is 22.7 Å². The molecule has 4 aliphatic rings. The maximum atomic E-state index is 14.1. The smallest absolute Gasteiger partial charge is 0.269 e. The fourth-order valence-electron chi connectivity index (χ4n) is 17.2. The molecule has 32 nitrogen and oxygen atoms in total. The highest BCUT2D eigenvalue weighted by Crippen LogP contribution is 2.42. The number of ether oxygens (including phenoxy) is 6. The number of aliphatic hydroxyl groups is 2. The predicted molar refractivity (Wildman–Crippen MR) is 530 cm³/mol. The van der Waals surface area contributed by atoms with E-state index in [9.17, 15) is 59.2 Å². The van der Waals surface area contributed by atoms with Crippen molar-refractivity contribution in [1.82, 2.24) is 40.7 Å². The number of nitro benzene ring substituents is 2. The molecule has 8 aromatic carbocycles. The first-order valence-corrected chi connectivity index (χ1v) is 47.9. The highest BCUT2D eigenvalue weighted by molar-refractivity contribution is 7.13. The number of hydrogen-bond donors (Lipinski definition) is 4. The molecule has 8 heterocycles. The van der Waals surface area contributed by atoms with Crippen molar-refractivity contribution in [3.05, 3.63) is 329 Å². The zero-order valence-electron chi connectivity index (χ0n) is 78.5. The van der Waals surface area contributed by atoms with Gasteiger partial charge in [-0.05, 0) is 167 Å².